The van der Waals surface area contributed by atoms with Crippen LogP contribution in [0, 0.1) is 5.92 Å². The average molecular weight is 322 g/mol. The zero-order chi connectivity index (χ0) is 16.7. The lowest BCUT2D eigenvalue weighted by atomic mass is 9.80. The van der Waals surface area contributed by atoms with Crippen LogP contribution in [0.15, 0.2) is 42.9 Å². The monoisotopic (exact) mass is 322 g/mol. The first-order chi connectivity index (χ1) is 11.6. The third kappa shape index (κ3) is 2.21. The van der Waals surface area contributed by atoms with Gasteiger partial charge in [0.2, 0.25) is 0 Å². The summed E-state index contributed by atoms with van der Waals surface area (Å²) in [5.74, 6) is 0.993. The molecule has 0 bridgehead atoms. The van der Waals surface area contributed by atoms with E-state index in [-0.39, 0.29) is 5.92 Å². The fraction of sp³-hybridized carbons (Fsp3) is 0.350. The summed E-state index contributed by atoms with van der Waals surface area (Å²) in [5.41, 5.74) is 1.69. The van der Waals surface area contributed by atoms with E-state index in [1.54, 1.807) is 12.5 Å². The van der Waals surface area contributed by atoms with Crippen LogP contribution in [0.4, 0.5) is 0 Å². The maximum absolute atomic E-state index is 11.4. The molecule has 0 saturated carbocycles. The van der Waals surface area contributed by atoms with Gasteiger partial charge in [0.15, 0.2) is 0 Å². The summed E-state index contributed by atoms with van der Waals surface area (Å²) in [4.78, 5) is 7.26. The number of ether oxygens (including phenoxy) is 1. The summed E-state index contributed by atoms with van der Waals surface area (Å²) in [6.07, 6.45) is 5.47. The highest BCUT2D eigenvalue weighted by Crippen LogP contribution is 2.39. The van der Waals surface area contributed by atoms with Crippen molar-refractivity contribution in [2.24, 2.45) is 5.92 Å². The lowest BCUT2D eigenvalue weighted by Gasteiger charge is -2.31. The van der Waals surface area contributed by atoms with Crippen molar-refractivity contribution in [2.75, 3.05) is 6.61 Å². The standard InChI is InChI=1S/C20H22N2O2/c1-13(2)20(23,19-11-21-12-22-19)15-6-7-16-14(10-15)5-8-18-17(16)4-3-9-24-18/h5-8,10-13,23H,3-4,9H2,1-2H3,(H,21,22). The average Bonchev–Trinajstić information content (AvgIpc) is 3.15. The van der Waals surface area contributed by atoms with E-state index in [1.165, 1.54) is 10.9 Å². The van der Waals surface area contributed by atoms with Gasteiger partial charge in [-0.25, -0.2) is 4.98 Å². The smallest absolute Gasteiger partial charge is 0.135 e. The van der Waals surface area contributed by atoms with Gasteiger partial charge in [0.05, 0.1) is 18.6 Å². The van der Waals surface area contributed by atoms with E-state index in [4.69, 9.17) is 4.74 Å². The fourth-order valence-corrected chi connectivity index (χ4v) is 3.68. The van der Waals surface area contributed by atoms with Crippen molar-refractivity contribution < 1.29 is 9.84 Å². The molecule has 4 heteroatoms. The summed E-state index contributed by atoms with van der Waals surface area (Å²) >= 11 is 0. The first kappa shape index (κ1) is 15.2. The molecular formula is C20H22N2O2. The summed E-state index contributed by atoms with van der Waals surface area (Å²) in [7, 11) is 0. The maximum atomic E-state index is 11.4. The molecule has 0 radical (unpaired) electrons. The molecule has 3 aromatic rings. The molecule has 24 heavy (non-hydrogen) atoms. The second kappa shape index (κ2) is 5.64. The van der Waals surface area contributed by atoms with E-state index < -0.39 is 5.60 Å². The van der Waals surface area contributed by atoms with Crippen LogP contribution in [0.2, 0.25) is 0 Å². The number of aryl methyl sites for hydroxylation is 1. The predicted molar refractivity (Wildman–Crippen MR) is 94.2 cm³/mol. The van der Waals surface area contributed by atoms with Gasteiger partial charge in [0, 0.05) is 11.8 Å². The minimum absolute atomic E-state index is 0.000731. The Morgan fingerprint density at radius 1 is 1.25 bits per heavy atom. The highest BCUT2D eigenvalue weighted by molar-refractivity contribution is 5.88. The summed E-state index contributed by atoms with van der Waals surface area (Å²) in [5, 5.41) is 13.8. The second-order valence-electron chi connectivity index (χ2n) is 6.81. The predicted octanol–water partition coefficient (Wildman–Crippen LogP) is 3.78. The number of rotatable bonds is 3. The van der Waals surface area contributed by atoms with Crippen molar-refractivity contribution in [3.63, 3.8) is 0 Å². The molecule has 4 nitrogen and oxygen atoms in total. The number of hydrogen-bond acceptors (Lipinski definition) is 3. The van der Waals surface area contributed by atoms with E-state index >= 15 is 0 Å². The molecule has 1 atom stereocenters. The first-order valence-corrected chi connectivity index (χ1v) is 8.51. The number of nitrogens with one attached hydrogen (secondary N) is 1. The van der Waals surface area contributed by atoms with Crippen molar-refractivity contribution in [3.05, 3.63) is 59.7 Å². The van der Waals surface area contributed by atoms with Crippen LogP contribution in [0.5, 0.6) is 5.75 Å². The van der Waals surface area contributed by atoms with Gasteiger partial charge in [-0.05, 0) is 47.2 Å². The molecule has 4 rings (SSSR count). The molecule has 1 aromatic heterocycles. The molecule has 2 heterocycles. The third-order valence-corrected chi connectivity index (χ3v) is 5.08. The van der Waals surface area contributed by atoms with Gasteiger partial charge in [0.25, 0.3) is 0 Å². The third-order valence-electron chi connectivity index (χ3n) is 5.08. The van der Waals surface area contributed by atoms with Crippen molar-refractivity contribution in [1.82, 2.24) is 9.97 Å². The number of benzene rings is 2. The lowest BCUT2D eigenvalue weighted by Crippen LogP contribution is -2.33. The van der Waals surface area contributed by atoms with E-state index in [1.807, 2.05) is 26.0 Å². The minimum atomic E-state index is -1.11. The van der Waals surface area contributed by atoms with Gasteiger partial charge >= 0.3 is 0 Å². The van der Waals surface area contributed by atoms with Gasteiger partial charge in [-0.15, -0.1) is 0 Å². The maximum Gasteiger partial charge on any atom is 0.135 e. The van der Waals surface area contributed by atoms with E-state index in [9.17, 15) is 5.11 Å². The molecule has 2 aromatic carbocycles. The molecule has 1 aliphatic rings. The van der Waals surface area contributed by atoms with Crippen LogP contribution in [0.3, 0.4) is 0 Å². The van der Waals surface area contributed by atoms with Crippen molar-refractivity contribution in [3.8, 4) is 5.75 Å². The lowest BCUT2D eigenvalue weighted by molar-refractivity contribution is 0.0281. The van der Waals surface area contributed by atoms with Crippen LogP contribution in [0.1, 0.15) is 37.1 Å². The van der Waals surface area contributed by atoms with Crippen LogP contribution in [0.25, 0.3) is 10.8 Å². The Kier molecular flexibility index (Phi) is 3.57. The van der Waals surface area contributed by atoms with E-state index in [0.717, 1.165) is 36.1 Å². The van der Waals surface area contributed by atoms with Gasteiger partial charge in [-0.1, -0.05) is 32.0 Å². The van der Waals surface area contributed by atoms with Gasteiger partial charge < -0.3 is 14.8 Å². The summed E-state index contributed by atoms with van der Waals surface area (Å²) in [6, 6.07) is 10.3. The molecule has 0 aliphatic carbocycles. The van der Waals surface area contributed by atoms with Crippen LogP contribution in [-0.4, -0.2) is 21.7 Å². The fourth-order valence-electron chi connectivity index (χ4n) is 3.68. The van der Waals surface area contributed by atoms with Gasteiger partial charge in [0.1, 0.15) is 11.4 Å². The molecule has 0 spiro atoms. The summed E-state index contributed by atoms with van der Waals surface area (Å²) < 4.78 is 5.76. The highest BCUT2D eigenvalue weighted by atomic mass is 16.5. The summed E-state index contributed by atoms with van der Waals surface area (Å²) in [6.45, 7) is 4.82. The molecule has 2 N–H and O–H groups in total. The quantitative estimate of drug-likeness (QED) is 0.771. The van der Waals surface area contributed by atoms with Crippen molar-refractivity contribution >= 4 is 10.8 Å². The number of H-pyrrole nitrogens is 1. The highest BCUT2D eigenvalue weighted by Gasteiger charge is 2.37. The number of imidazole rings is 1. The molecule has 1 aliphatic heterocycles. The Bertz CT molecular complexity index is 871. The molecule has 0 fully saturated rings. The molecule has 124 valence electrons. The molecule has 1 unspecified atom stereocenters. The second-order valence-corrected chi connectivity index (χ2v) is 6.81. The van der Waals surface area contributed by atoms with E-state index in [0.29, 0.717) is 5.69 Å². The normalized spacial score (nSPS) is 16.7. The number of aromatic nitrogens is 2. The number of hydrogen-bond donors (Lipinski definition) is 2. The van der Waals surface area contributed by atoms with Crippen LogP contribution >= 0.6 is 0 Å². The number of nitrogens with zero attached hydrogens (tertiary/aromatic N) is 1. The molecular weight excluding hydrogens is 300 g/mol. The van der Waals surface area contributed by atoms with Crippen molar-refractivity contribution in [1.29, 1.82) is 0 Å². The van der Waals surface area contributed by atoms with Crippen LogP contribution < -0.4 is 4.74 Å². The Morgan fingerprint density at radius 3 is 2.88 bits per heavy atom. The SMILES string of the molecule is CC(C)C(O)(c1ccc2c3c(ccc2c1)OCCC3)c1c[nH]cn1. The number of aliphatic hydroxyl groups is 1. The topological polar surface area (TPSA) is 58.1 Å². The zero-order valence-electron chi connectivity index (χ0n) is 14.0. The van der Waals surface area contributed by atoms with Crippen LogP contribution in [-0.2, 0) is 12.0 Å². The number of fused-ring (bicyclic) bond motifs is 3. The van der Waals surface area contributed by atoms with Gasteiger partial charge in [-0.2, -0.15) is 0 Å². The van der Waals surface area contributed by atoms with Gasteiger partial charge in [-0.3, -0.25) is 0 Å². The van der Waals surface area contributed by atoms with E-state index in [2.05, 4.69) is 28.2 Å². The zero-order valence-corrected chi connectivity index (χ0v) is 14.0. The van der Waals surface area contributed by atoms with Crippen molar-refractivity contribution in [2.45, 2.75) is 32.3 Å². The molecule has 0 saturated heterocycles. The Hall–Kier alpha value is -2.33. The minimum Gasteiger partial charge on any atom is -0.493 e. The largest absolute Gasteiger partial charge is 0.493 e. The number of aromatic amines is 1. The Labute approximate surface area is 141 Å². The Balaban J connectivity index is 1.88. The Morgan fingerprint density at radius 2 is 2.12 bits per heavy atom. The first-order valence-electron chi connectivity index (χ1n) is 8.51. The molecule has 0 amide bonds.